The number of hydrazine groups is 1. The predicted molar refractivity (Wildman–Crippen MR) is 67.2 cm³/mol. The van der Waals surface area contributed by atoms with E-state index < -0.39 is 0 Å². The highest BCUT2D eigenvalue weighted by Crippen LogP contribution is 2.26. The van der Waals surface area contributed by atoms with Crippen LogP contribution in [0.25, 0.3) is 0 Å². The maximum atomic E-state index is 5.63. The maximum Gasteiger partial charge on any atom is 0.0821 e. The molecule has 0 bridgehead atoms. The molecule has 4 heteroatoms. The van der Waals surface area contributed by atoms with Crippen LogP contribution in [0.3, 0.4) is 0 Å². The van der Waals surface area contributed by atoms with Crippen LogP contribution in [0, 0.1) is 13.8 Å². The van der Waals surface area contributed by atoms with E-state index in [9.17, 15) is 0 Å². The Morgan fingerprint density at radius 3 is 2.75 bits per heavy atom. The fraction of sp³-hybridized carbons (Fsp3) is 0.250. The Bertz CT molecular complexity index is 465. The lowest BCUT2D eigenvalue weighted by Crippen LogP contribution is -2.28. The first-order valence-electron chi connectivity index (χ1n) is 5.14. The lowest BCUT2D eigenvalue weighted by Gasteiger charge is -2.17. The summed E-state index contributed by atoms with van der Waals surface area (Å²) in [6.07, 6.45) is 1.86. The van der Waals surface area contributed by atoms with Crippen molar-refractivity contribution in [2.24, 2.45) is 5.84 Å². The van der Waals surface area contributed by atoms with Crippen molar-refractivity contribution < 1.29 is 0 Å². The molecule has 3 N–H and O–H groups in total. The standard InChI is InChI=1S/C12H15N3S/c1-8-3-4-10(9(2)5-8)12(15-13)11-6-14-7-16-11/h3-7,12,15H,13H2,1-2H3. The van der Waals surface area contributed by atoms with Gasteiger partial charge in [-0.3, -0.25) is 10.8 Å². The minimum atomic E-state index is 0.0353. The number of rotatable bonds is 3. The zero-order valence-electron chi connectivity index (χ0n) is 9.40. The molecule has 1 aromatic heterocycles. The highest BCUT2D eigenvalue weighted by Gasteiger charge is 2.15. The summed E-state index contributed by atoms with van der Waals surface area (Å²) in [5.41, 5.74) is 8.39. The molecule has 1 atom stereocenters. The normalized spacial score (nSPS) is 12.7. The van der Waals surface area contributed by atoms with Gasteiger partial charge in [-0.15, -0.1) is 11.3 Å². The second-order valence-corrected chi connectivity index (χ2v) is 4.78. The monoisotopic (exact) mass is 233 g/mol. The van der Waals surface area contributed by atoms with Crippen molar-refractivity contribution >= 4 is 11.3 Å². The fourth-order valence-corrected chi connectivity index (χ4v) is 2.54. The van der Waals surface area contributed by atoms with Gasteiger partial charge in [-0.05, 0) is 25.0 Å². The van der Waals surface area contributed by atoms with Crippen molar-refractivity contribution in [3.63, 3.8) is 0 Å². The Balaban J connectivity index is 2.41. The quantitative estimate of drug-likeness (QED) is 0.632. The summed E-state index contributed by atoms with van der Waals surface area (Å²) < 4.78 is 0. The maximum absolute atomic E-state index is 5.63. The number of aryl methyl sites for hydroxylation is 2. The number of nitrogens with zero attached hydrogens (tertiary/aromatic N) is 1. The minimum Gasteiger partial charge on any atom is -0.271 e. The molecule has 2 rings (SSSR count). The van der Waals surface area contributed by atoms with Gasteiger partial charge in [0.05, 0.1) is 11.6 Å². The van der Waals surface area contributed by atoms with E-state index in [4.69, 9.17) is 5.84 Å². The highest BCUT2D eigenvalue weighted by atomic mass is 32.1. The summed E-state index contributed by atoms with van der Waals surface area (Å²) in [5, 5.41) is 0. The molecule has 3 nitrogen and oxygen atoms in total. The van der Waals surface area contributed by atoms with Crippen molar-refractivity contribution in [1.29, 1.82) is 0 Å². The molecule has 0 aliphatic carbocycles. The topological polar surface area (TPSA) is 50.9 Å². The van der Waals surface area contributed by atoms with Crippen LogP contribution in [-0.4, -0.2) is 4.98 Å². The highest BCUT2D eigenvalue weighted by molar-refractivity contribution is 7.09. The van der Waals surface area contributed by atoms with Gasteiger partial charge >= 0.3 is 0 Å². The van der Waals surface area contributed by atoms with E-state index in [0.29, 0.717) is 0 Å². The lowest BCUT2D eigenvalue weighted by atomic mass is 9.99. The van der Waals surface area contributed by atoms with Gasteiger partial charge in [0.15, 0.2) is 0 Å². The number of nitrogens with two attached hydrogens (primary N) is 1. The first kappa shape index (κ1) is 11.3. The third-order valence-corrected chi connectivity index (χ3v) is 3.48. The second kappa shape index (κ2) is 4.74. The molecule has 0 aliphatic heterocycles. The Morgan fingerprint density at radius 2 is 2.19 bits per heavy atom. The van der Waals surface area contributed by atoms with Crippen LogP contribution in [0.1, 0.15) is 27.6 Å². The average molecular weight is 233 g/mol. The SMILES string of the molecule is Cc1ccc(C(NN)c2cncs2)c(C)c1. The summed E-state index contributed by atoms with van der Waals surface area (Å²) in [6, 6.07) is 6.43. The van der Waals surface area contributed by atoms with Gasteiger partial charge in [-0.2, -0.15) is 0 Å². The number of nitrogens with one attached hydrogen (secondary N) is 1. The Labute approximate surface area is 99.3 Å². The van der Waals surface area contributed by atoms with E-state index in [-0.39, 0.29) is 6.04 Å². The molecule has 1 unspecified atom stereocenters. The van der Waals surface area contributed by atoms with Gasteiger partial charge in [0.1, 0.15) is 0 Å². The van der Waals surface area contributed by atoms with Crippen LogP contribution >= 0.6 is 11.3 Å². The Morgan fingerprint density at radius 1 is 1.38 bits per heavy atom. The molecule has 0 saturated carbocycles. The van der Waals surface area contributed by atoms with Crippen molar-refractivity contribution in [2.45, 2.75) is 19.9 Å². The number of thiazole rings is 1. The molecule has 0 saturated heterocycles. The third-order valence-electron chi connectivity index (χ3n) is 2.64. The van der Waals surface area contributed by atoms with Crippen molar-refractivity contribution in [2.75, 3.05) is 0 Å². The molecule has 84 valence electrons. The van der Waals surface area contributed by atoms with Crippen LogP contribution < -0.4 is 11.3 Å². The molecule has 2 aromatic rings. The van der Waals surface area contributed by atoms with Crippen molar-refractivity contribution in [3.8, 4) is 0 Å². The second-order valence-electron chi connectivity index (χ2n) is 3.86. The molecular formula is C12H15N3S. The summed E-state index contributed by atoms with van der Waals surface area (Å²) >= 11 is 1.61. The largest absolute Gasteiger partial charge is 0.271 e. The zero-order chi connectivity index (χ0) is 11.5. The van der Waals surface area contributed by atoms with Crippen molar-refractivity contribution in [1.82, 2.24) is 10.4 Å². The van der Waals surface area contributed by atoms with Gasteiger partial charge in [-0.25, -0.2) is 5.43 Å². The van der Waals surface area contributed by atoms with Gasteiger partial charge in [-0.1, -0.05) is 23.8 Å². The molecule has 0 radical (unpaired) electrons. The summed E-state index contributed by atoms with van der Waals surface area (Å²) in [7, 11) is 0. The fourth-order valence-electron chi connectivity index (χ4n) is 1.84. The number of hydrogen-bond acceptors (Lipinski definition) is 4. The Hall–Kier alpha value is -1.23. The van der Waals surface area contributed by atoms with Gasteiger partial charge in [0.25, 0.3) is 0 Å². The van der Waals surface area contributed by atoms with Crippen LogP contribution in [0.2, 0.25) is 0 Å². The summed E-state index contributed by atoms with van der Waals surface area (Å²) in [6.45, 7) is 4.20. The van der Waals surface area contributed by atoms with E-state index in [1.165, 1.54) is 16.7 Å². The van der Waals surface area contributed by atoms with Crippen molar-refractivity contribution in [3.05, 3.63) is 51.5 Å². The van der Waals surface area contributed by atoms with Crippen LogP contribution in [0.15, 0.2) is 29.9 Å². The molecule has 0 amide bonds. The van der Waals surface area contributed by atoms with E-state index in [0.717, 1.165) is 4.88 Å². The molecule has 0 aliphatic rings. The van der Waals surface area contributed by atoms with E-state index >= 15 is 0 Å². The van der Waals surface area contributed by atoms with Crippen LogP contribution in [0.5, 0.6) is 0 Å². The molecular weight excluding hydrogens is 218 g/mol. The van der Waals surface area contributed by atoms with Gasteiger partial charge in [0.2, 0.25) is 0 Å². The lowest BCUT2D eigenvalue weighted by molar-refractivity contribution is 0.642. The third kappa shape index (κ3) is 2.14. The molecule has 1 aromatic carbocycles. The zero-order valence-corrected chi connectivity index (χ0v) is 10.2. The average Bonchev–Trinajstić information content (AvgIpc) is 2.75. The van der Waals surface area contributed by atoms with E-state index in [2.05, 4.69) is 42.5 Å². The van der Waals surface area contributed by atoms with E-state index in [1.807, 2.05) is 11.7 Å². The summed E-state index contributed by atoms with van der Waals surface area (Å²) in [5.74, 6) is 5.63. The predicted octanol–water partition coefficient (Wildman–Crippen LogP) is 2.31. The number of hydrogen-bond donors (Lipinski definition) is 2. The molecule has 16 heavy (non-hydrogen) atoms. The summed E-state index contributed by atoms with van der Waals surface area (Å²) in [4.78, 5) is 5.22. The Kier molecular flexibility index (Phi) is 3.33. The minimum absolute atomic E-state index is 0.0353. The number of aromatic nitrogens is 1. The van der Waals surface area contributed by atoms with Crippen LogP contribution in [0.4, 0.5) is 0 Å². The first-order valence-corrected chi connectivity index (χ1v) is 6.02. The first-order chi connectivity index (χ1) is 7.72. The smallest absolute Gasteiger partial charge is 0.0821 e. The molecule has 1 heterocycles. The van der Waals surface area contributed by atoms with Gasteiger partial charge < -0.3 is 0 Å². The van der Waals surface area contributed by atoms with Gasteiger partial charge in [0, 0.05) is 11.1 Å². The number of benzene rings is 1. The molecule has 0 spiro atoms. The van der Waals surface area contributed by atoms with E-state index in [1.54, 1.807) is 11.3 Å². The molecule has 0 fully saturated rings. The van der Waals surface area contributed by atoms with Crippen LogP contribution in [-0.2, 0) is 0 Å².